The molecule has 1 heterocycles. The molecular weight excluding hydrogens is 415 g/mol. The number of hydrogen-bond donors (Lipinski definition) is 0. The summed E-state index contributed by atoms with van der Waals surface area (Å²) in [5.74, 6) is -0.126. The predicted molar refractivity (Wildman–Crippen MR) is 122 cm³/mol. The van der Waals surface area contributed by atoms with Gasteiger partial charge in [0.25, 0.3) is 0 Å². The third kappa shape index (κ3) is 5.83. The highest BCUT2D eigenvalue weighted by Gasteiger charge is 2.22. The van der Waals surface area contributed by atoms with Crippen molar-refractivity contribution >= 4 is 22.4 Å². The molecule has 0 radical (unpaired) electrons. The van der Waals surface area contributed by atoms with E-state index < -0.39 is 0 Å². The number of ether oxygens (including phenoxy) is 3. The summed E-state index contributed by atoms with van der Waals surface area (Å²) in [6.45, 7) is 3.77. The minimum absolute atomic E-state index is 0.0266. The maximum Gasteiger partial charge on any atom is 0.158 e. The predicted octanol–water partition coefficient (Wildman–Crippen LogP) is 6.13. The molecule has 3 nitrogen and oxygen atoms in total. The van der Waals surface area contributed by atoms with Gasteiger partial charge in [-0.2, -0.15) is 0 Å². The van der Waals surface area contributed by atoms with Gasteiger partial charge in [0.15, 0.2) is 6.29 Å². The molecule has 0 amide bonds. The van der Waals surface area contributed by atoms with Gasteiger partial charge in [-0.15, -0.1) is 0 Å². The molecule has 1 saturated heterocycles. The lowest BCUT2D eigenvalue weighted by Crippen LogP contribution is -2.37. The number of hydrogen-bond acceptors (Lipinski definition) is 3. The van der Waals surface area contributed by atoms with E-state index in [4.69, 9.17) is 25.8 Å². The van der Waals surface area contributed by atoms with Gasteiger partial charge in [0.05, 0.1) is 13.2 Å². The largest absolute Gasteiger partial charge is 0.374 e. The summed E-state index contributed by atoms with van der Waals surface area (Å²) in [5, 5.41) is 2.31. The monoisotopic (exact) mass is 442 g/mol. The lowest BCUT2D eigenvalue weighted by Gasteiger charge is -2.29. The zero-order chi connectivity index (χ0) is 21.6. The first kappa shape index (κ1) is 22.2. The van der Waals surface area contributed by atoms with Gasteiger partial charge in [-0.05, 0) is 60.4 Å². The van der Waals surface area contributed by atoms with E-state index in [1.54, 1.807) is 0 Å². The average Bonchev–Trinajstić information content (AvgIpc) is 2.79. The average molecular weight is 443 g/mol. The molecular formula is C26H28ClFO3. The van der Waals surface area contributed by atoms with Crippen molar-refractivity contribution in [3.8, 4) is 0 Å². The second-order valence-corrected chi connectivity index (χ2v) is 8.37. The Balaban J connectivity index is 1.36. The van der Waals surface area contributed by atoms with Crippen LogP contribution >= 0.6 is 11.6 Å². The van der Waals surface area contributed by atoms with E-state index in [-0.39, 0.29) is 18.2 Å². The van der Waals surface area contributed by atoms with Gasteiger partial charge in [0, 0.05) is 23.4 Å². The third-order valence-electron chi connectivity index (χ3n) is 5.70. The maximum atomic E-state index is 15.1. The molecule has 3 aromatic rings. The van der Waals surface area contributed by atoms with Crippen molar-refractivity contribution in [2.75, 3.05) is 19.8 Å². The fourth-order valence-electron chi connectivity index (χ4n) is 3.97. The number of rotatable bonds is 8. The second kappa shape index (κ2) is 10.6. The molecule has 0 N–H and O–H groups in total. The standard InChI is InChI=1S/C26H28ClFO3/c1-2-29-23-16-30-25(31-17-23)14-7-19-6-13-24-21(15-19)10-9-20(26(24)28)8-3-18-4-11-22(27)12-5-18/h4-6,9-13,15,23,25H,2-3,7-8,14,16-17H2,1H3. The van der Waals surface area contributed by atoms with Crippen LogP contribution in [-0.4, -0.2) is 32.2 Å². The smallest absolute Gasteiger partial charge is 0.158 e. The normalized spacial score (nSPS) is 19.1. The Bertz CT molecular complexity index is 997. The number of fused-ring (bicyclic) bond motifs is 1. The van der Waals surface area contributed by atoms with Crippen LogP contribution in [0.3, 0.4) is 0 Å². The molecule has 3 aromatic carbocycles. The van der Waals surface area contributed by atoms with Gasteiger partial charge in [-0.25, -0.2) is 4.39 Å². The summed E-state index contributed by atoms with van der Waals surface area (Å²) >= 11 is 5.94. The quantitative estimate of drug-likeness (QED) is 0.420. The van der Waals surface area contributed by atoms with E-state index in [1.807, 2.05) is 55.5 Å². The van der Waals surface area contributed by atoms with Crippen LogP contribution in [0.25, 0.3) is 10.8 Å². The molecule has 0 atom stereocenters. The molecule has 1 aliphatic rings. The Morgan fingerprint density at radius 1 is 0.935 bits per heavy atom. The summed E-state index contributed by atoms with van der Waals surface area (Å²) < 4.78 is 32.1. The molecule has 164 valence electrons. The van der Waals surface area contributed by atoms with Crippen molar-refractivity contribution in [3.05, 3.63) is 82.1 Å². The molecule has 0 aromatic heterocycles. The SMILES string of the molecule is CCOC1COC(CCc2ccc3c(F)c(CCc4ccc(Cl)cc4)ccc3c2)OC1. The Morgan fingerprint density at radius 2 is 1.68 bits per heavy atom. The van der Waals surface area contributed by atoms with E-state index in [1.165, 1.54) is 0 Å². The third-order valence-corrected chi connectivity index (χ3v) is 5.95. The van der Waals surface area contributed by atoms with Crippen molar-refractivity contribution in [1.82, 2.24) is 0 Å². The molecule has 0 unspecified atom stereocenters. The summed E-state index contributed by atoms with van der Waals surface area (Å²) in [5.41, 5.74) is 3.04. The Hall–Kier alpha value is -1.98. The summed E-state index contributed by atoms with van der Waals surface area (Å²) in [6, 6.07) is 17.6. The molecule has 0 aliphatic carbocycles. The Labute approximate surface area is 188 Å². The van der Waals surface area contributed by atoms with Crippen LogP contribution in [0.2, 0.25) is 5.02 Å². The minimum Gasteiger partial charge on any atom is -0.374 e. The molecule has 0 bridgehead atoms. The summed E-state index contributed by atoms with van der Waals surface area (Å²) in [6.07, 6.45) is 2.84. The van der Waals surface area contributed by atoms with Crippen LogP contribution in [0.15, 0.2) is 54.6 Å². The first-order valence-electron chi connectivity index (χ1n) is 10.9. The topological polar surface area (TPSA) is 27.7 Å². The first-order valence-corrected chi connectivity index (χ1v) is 11.3. The van der Waals surface area contributed by atoms with Crippen LogP contribution in [0.4, 0.5) is 4.39 Å². The summed E-state index contributed by atoms with van der Waals surface area (Å²) in [4.78, 5) is 0. The van der Waals surface area contributed by atoms with Gasteiger partial charge in [-0.3, -0.25) is 0 Å². The van der Waals surface area contributed by atoms with Gasteiger partial charge >= 0.3 is 0 Å². The molecule has 0 saturated carbocycles. The number of aryl methyl sites for hydroxylation is 3. The van der Waals surface area contributed by atoms with Crippen LogP contribution in [-0.2, 0) is 33.5 Å². The second-order valence-electron chi connectivity index (χ2n) is 7.93. The van der Waals surface area contributed by atoms with E-state index >= 15 is 4.39 Å². The molecule has 1 aliphatic heterocycles. The fourth-order valence-corrected chi connectivity index (χ4v) is 4.10. The zero-order valence-electron chi connectivity index (χ0n) is 17.8. The Morgan fingerprint density at radius 3 is 2.42 bits per heavy atom. The van der Waals surface area contributed by atoms with E-state index in [2.05, 4.69) is 6.07 Å². The highest BCUT2D eigenvalue weighted by molar-refractivity contribution is 6.30. The lowest BCUT2D eigenvalue weighted by atomic mass is 9.98. The van der Waals surface area contributed by atoms with E-state index in [0.29, 0.717) is 36.7 Å². The minimum atomic E-state index is -0.209. The lowest BCUT2D eigenvalue weighted by molar-refractivity contribution is -0.227. The highest BCUT2D eigenvalue weighted by atomic mass is 35.5. The maximum absolute atomic E-state index is 15.1. The van der Waals surface area contributed by atoms with Crippen LogP contribution < -0.4 is 0 Å². The molecule has 1 fully saturated rings. The van der Waals surface area contributed by atoms with Crippen molar-refractivity contribution in [2.24, 2.45) is 0 Å². The summed E-state index contributed by atoms with van der Waals surface area (Å²) in [7, 11) is 0. The van der Waals surface area contributed by atoms with Crippen molar-refractivity contribution in [1.29, 1.82) is 0 Å². The Kier molecular flexibility index (Phi) is 7.57. The molecule has 4 rings (SSSR count). The van der Waals surface area contributed by atoms with Crippen molar-refractivity contribution < 1.29 is 18.6 Å². The van der Waals surface area contributed by atoms with Crippen LogP contribution in [0, 0.1) is 5.82 Å². The number of benzene rings is 3. The first-order chi connectivity index (χ1) is 15.1. The van der Waals surface area contributed by atoms with Crippen molar-refractivity contribution in [2.45, 2.75) is 45.0 Å². The molecule has 5 heteroatoms. The van der Waals surface area contributed by atoms with E-state index in [0.717, 1.165) is 41.3 Å². The zero-order valence-corrected chi connectivity index (χ0v) is 18.5. The highest BCUT2D eigenvalue weighted by Crippen LogP contribution is 2.25. The number of halogens is 2. The fraction of sp³-hybridized carbons (Fsp3) is 0.385. The van der Waals surface area contributed by atoms with Crippen LogP contribution in [0.1, 0.15) is 30.0 Å². The van der Waals surface area contributed by atoms with Gasteiger partial charge in [-0.1, -0.05) is 54.1 Å². The molecule has 31 heavy (non-hydrogen) atoms. The van der Waals surface area contributed by atoms with Crippen LogP contribution in [0.5, 0.6) is 0 Å². The van der Waals surface area contributed by atoms with Gasteiger partial charge in [0.1, 0.15) is 11.9 Å². The van der Waals surface area contributed by atoms with Crippen molar-refractivity contribution in [3.63, 3.8) is 0 Å². The van der Waals surface area contributed by atoms with Gasteiger partial charge in [0.2, 0.25) is 0 Å². The van der Waals surface area contributed by atoms with Gasteiger partial charge < -0.3 is 14.2 Å². The van der Waals surface area contributed by atoms with E-state index in [9.17, 15) is 0 Å². The molecule has 0 spiro atoms.